The Kier molecular flexibility index (Phi) is 5.21. The third-order valence-electron chi connectivity index (χ3n) is 5.78. The highest BCUT2D eigenvalue weighted by atomic mass is 19.1. The monoisotopic (exact) mass is 443 g/mol. The molecule has 1 unspecified atom stereocenters. The van der Waals surface area contributed by atoms with Crippen LogP contribution in [0.3, 0.4) is 0 Å². The van der Waals surface area contributed by atoms with Crippen molar-refractivity contribution < 1.29 is 18.3 Å². The predicted molar refractivity (Wildman–Crippen MR) is 125 cm³/mol. The van der Waals surface area contributed by atoms with Crippen LogP contribution in [0.15, 0.2) is 75.9 Å². The van der Waals surface area contributed by atoms with E-state index in [9.17, 15) is 14.0 Å². The van der Waals surface area contributed by atoms with Crippen LogP contribution in [0, 0.1) is 12.7 Å². The van der Waals surface area contributed by atoms with Crippen molar-refractivity contribution in [2.45, 2.75) is 26.3 Å². The Hall–Kier alpha value is -3.93. The standard InChI is InChI=1S/C27H22FNO4/c1-3-13-32-20-10-7-17(8-11-20)24-23-25(30)21-15-18(28)9-12-22(21)33-26(23)27(31)29(24)19-6-4-5-16(2)14-19/h4-12,14-15,24H,3,13H2,1-2H3. The second-order valence-corrected chi connectivity index (χ2v) is 8.15. The van der Waals surface area contributed by atoms with Crippen LogP contribution in [-0.2, 0) is 0 Å². The van der Waals surface area contributed by atoms with Crippen molar-refractivity contribution in [3.05, 3.63) is 105 Å². The molecule has 5 rings (SSSR count). The number of rotatable bonds is 5. The van der Waals surface area contributed by atoms with E-state index in [-0.39, 0.29) is 22.3 Å². The number of hydrogen-bond donors (Lipinski definition) is 0. The van der Waals surface area contributed by atoms with Gasteiger partial charge in [0.05, 0.1) is 23.6 Å². The first-order valence-electron chi connectivity index (χ1n) is 10.9. The fraction of sp³-hybridized carbons (Fsp3) is 0.185. The smallest absolute Gasteiger partial charge is 0.295 e. The summed E-state index contributed by atoms with van der Waals surface area (Å²) in [6.45, 7) is 4.56. The highest BCUT2D eigenvalue weighted by molar-refractivity contribution is 6.10. The molecule has 1 aliphatic heterocycles. The summed E-state index contributed by atoms with van der Waals surface area (Å²) >= 11 is 0. The molecule has 0 saturated heterocycles. The molecular weight excluding hydrogens is 421 g/mol. The second kappa shape index (κ2) is 8.20. The van der Waals surface area contributed by atoms with Gasteiger partial charge in [0.2, 0.25) is 5.76 Å². The third-order valence-corrected chi connectivity index (χ3v) is 5.78. The fourth-order valence-corrected chi connectivity index (χ4v) is 4.27. The molecule has 1 atom stereocenters. The SMILES string of the molecule is CCCOc1ccc(C2c3c(oc4ccc(F)cc4c3=O)C(=O)N2c2cccc(C)c2)cc1. The van der Waals surface area contributed by atoms with E-state index in [4.69, 9.17) is 9.15 Å². The molecule has 0 spiro atoms. The highest BCUT2D eigenvalue weighted by Crippen LogP contribution is 2.41. The van der Waals surface area contributed by atoms with Gasteiger partial charge in [-0.2, -0.15) is 0 Å². The van der Waals surface area contributed by atoms with Crippen molar-refractivity contribution >= 4 is 22.6 Å². The summed E-state index contributed by atoms with van der Waals surface area (Å²) < 4.78 is 25.5. The van der Waals surface area contributed by atoms with Crippen molar-refractivity contribution in [2.75, 3.05) is 11.5 Å². The predicted octanol–water partition coefficient (Wildman–Crippen LogP) is 5.78. The van der Waals surface area contributed by atoms with Gasteiger partial charge in [-0.1, -0.05) is 31.2 Å². The maximum atomic E-state index is 13.9. The normalized spacial score (nSPS) is 15.2. The molecule has 33 heavy (non-hydrogen) atoms. The molecule has 1 aliphatic rings. The van der Waals surface area contributed by atoms with Crippen LogP contribution in [0.5, 0.6) is 5.75 Å². The van der Waals surface area contributed by atoms with Crippen LogP contribution >= 0.6 is 0 Å². The van der Waals surface area contributed by atoms with Crippen LogP contribution in [0.25, 0.3) is 11.0 Å². The number of ether oxygens (including phenoxy) is 1. The third kappa shape index (κ3) is 3.57. The summed E-state index contributed by atoms with van der Waals surface area (Å²) in [7, 11) is 0. The molecule has 0 aliphatic carbocycles. The lowest BCUT2D eigenvalue weighted by atomic mass is 9.98. The lowest BCUT2D eigenvalue weighted by Gasteiger charge is -2.25. The van der Waals surface area contributed by atoms with Crippen molar-refractivity contribution in [1.82, 2.24) is 0 Å². The minimum atomic E-state index is -0.710. The second-order valence-electron chi connectivity index (χ2n) is 8.15. The van der Waals surface area contributed by atoms with Crippen molar-refractivity contribution in [1.29, 1.82) is 0 Å². The lowest BCUT2D eigenvalue weighted by Crippen LogP contribution is -2.29. The zero-order chi connectivity index (χ0) is 23.1. The van der Waals surface area contributed by atoms with E-state index in [1.165, 1.54) is 12.1 Å². The largest absolute Gasteiger partial charge is 0.494 e. The number of halogens is 1. The van der Waals surface area contributed by atoms with Gasteiger partial charge in [0.1, 0.15) is 17.1 Å². The Morgan fingerprint density at radius 3 is 2.55 bits per heavy atom. The Morgan fingerprint density at radius 2 is 1.82 bits per heavy atom. The summed E-state index contributed by atoms with van der Waals surface area (Å²) in [4.78, 5) is 28.7. The average Bonchev–Trinajstić information content (AvgIpc) is 3.11. The minimum absolute atomic E-state index is 0.0167. The number of carbonyl (C=O) groups is 1. The van der Waals surface area contributed by atoms with Gasteiger partial charge in [0, 0.05) is 5.69 Å². The molecule has 1 aromatic heterocycles. The Balaban J connectivity index is 1.73. The van der Waals surface area contributed by atoms with Crippen molar-refractivity contribution in [3.63, 3.8) is 0 Å². The maximum absolute atomic E-state index is 13.9. The molecule has 0 radical (unpaired) electrons. The van der Waals surface area contributed by atoms with Gasteiger partial charge in [-0.05, 0) is 66.9 Å². The molecule has 1 amide bonds. The van der Waals surface area contributed by atoms with E-state index in [1.807, 2.05) is 62.4 Å². The molecule has 6 heteroatoms. The van der Waals surface area contributed by atoms with E-state index in [1.54, 1.807) is 4.90 Å². The van der Waals surface area contributed by atoms with Crippen molar-refractivity contribution in [3.8, 4) is 5.75 Å². The van der Waals surface area contributed by atoms with Gasteiger partial charge in [0.25, 0.3) is 5.91 Å². The highest BCUT2D eigenvalue weighted by Gasteiger charge is 2.43. The molecule has 0 saturated carbocycles. The number of anilines is 1. The first-order valence-corrected chi connectivity index (χ1v) is 10.9. The van der Waals surface area contributed by atoms with Gasteiger partial charge >= 0.3 is 0 Å². The first kappa shape index (κ1) is 20.9. The van der Waals surface area contributed by atoms with Gasteiger partial charge in [-0.15, -0.1) is 0 Å². The van der Waals surface area contributed by atoms with Gasteiger partial charge in [-0.25, -0.2) is 4.39 Å². The number of carbonyl (C=O) groups excluding carboxylic acids is 1. The van der Waals surface area contributed by atoms with E-state index in [0.29, 0.717) is 18.0 Å². The topological polar surface area (TPSA) is 59.8 Å². The zero-order valence-electron chi connectivity index (χ0n) is 18.3. The van der Waals surface area contributed by atoms with Crippen molar-refractivity contribution in [2.24, 2.45) is 0 Å². The molecular formula is C27H22FNO4. The van der Waals surface area contributed by atoms with E-state index < -0.39 is 23.2 Å². The van der Waals surface area contributed by atoms with Crippen LogP contribution in [0.4, 0.5) is 10.1 Å². The molecule has 0 bridgehead atoms. The molecule has 166 valence electrons. The van der Waals surface area contributed by atoms with E-state index in [0.717, 1.165) is 23.6 Å². The molecule has 5 nitrogen and oxygen atoms in total. The van der Waals surface area contributed by atoms with E-state index >= 15 is 0 Å². The van der Waals surface area contributed by atoms with Gasteiger partial charge in [0.15, 0.2) is 5.43 Å². The quantitative estimate of drug-likeness (QED) is 0.392. The number of fused-ring (bicyclic) bond motifs is 2. The first-order chi connectivity index (χ1) is 16.0. The fourth-order valence-electron chi connectivity index (χ4n) is 4.27. The summed E-state index contributed by atoms with van der Waals surface area (Å²) in [5, 5.41) is 0.112. The van der Waals surface area contributed by atoms with Crippen LogP contribution in [-0.4, -0.2) is 12.5 Å². The van der Waals surface area contributed by atoms with Crippen LogP contribution in [0.1, 0.15) is 46.6 Å². The minimum Gasteiger partial charge on any atom is -0.494 e. The van der Waals surface area contributed by atoms with Gasteiger partial charge < -0.3 is 9.15 Å². The molecule has 0 fully saturated rings. The summed E-state index contributed by atoms with van der Waals surface area (Å²) in [5.41, 5.74) is 2.34. The number of hydrogen-bond acceptors (Lipinski definition) is 4. The number of amides is 1. The Morgan fingerprint density at radius 1 is 1.03 bits per heavy atom. The summed E-state index contributed by atoms with van der Waals surface area (Å²) in [6, 6.07) is 17.9. The number of aryl methyl sites for hydroxylation is 1. The molecule has 0 N–H and O–H groups in total. The zero-order valence-corrected chi connectivity index (χ0v) is 18.3. The van der Waals surface area contributed by atoms with Crippen LogP contribution < -0.4 is 15.1 Å². The lowest BCUT2D eigenvalue weighted by molar-refractivity contribution is 0.0971. The number of nitrogens with zero attached hydrogens (tertiary/aromatic N) is 1. The Labute approximate surface area is 190 Å². The average molecular weight is 443 g/mol. The van der Waals surface area contributed by atoms with Crippen LogP contribution in [0.2, 0.25) is 0 Å². The van der Waals surface area contributed by atoms with Gasteiger partial charge in [-0.3, -0.25) is 14.5 Å². The Bertz CT molecular complexity index is 1420. The molecule has 3 aromatic carbocycles. The molecule has 4 aromatic rings. The molecule has 2 heterocycles. The maximum Gasteiger partial charge on any atom is 0.295 e. The van der Waals surface area contributed by atoms with E-state index in [2.05, 4.69) is 0 Å². The number of benzene rings is 3. The summed E-state index contributed by atoms with van der Waals surface area (Å²) in [6.07, 6.45) is 0.887. The summed E-state index contributed by atoms with van der Waals surface area (Å²) in [5.74, 6) is -0.254.